The molecule has 1 aromatic heterocycles. The minimum atomic E-state index is -1.03. The monoisotopic (exact) mass is 406 g/mol. The van der Waals surface area contributed by atoms with Crippen LogP contribution in [0.15, 0.2) is 66.0 Å². The zero-order valence-electron chi connectivity index (χ0n) is 15.6. The number of hydrogen-bond acceptors (Lipinski definition) is 6. The van der Waals surface area contributed by atoms with Crippen molar-refractivity contribution in [2.75, 3.05) is 5.32 Å². The summed E-state index contributed by atoms with van der Waals surface area (Å²) in [5, 5.41) is 13.8. The fraction of sp³-hybridized carbons (Fsp3) is 0.136. The smallest absolute Gasteiger partial charge is 0.339 e. The number of hydrogen-bond donors (Lipinski definition) is 1. The first-order valence-electron chi connectivity index (χ1n) is 8.83. The summed E-state index contributed by atoms with van der Waals surface area (Å²) in [5.41, 5.74) is 1.35. The third-order valence-electron chi connectivity index (χ3n) is 4.05. The Kier molecular flexibility index (Phi) is 6.61. The van der Waals surface area contributed by atoms with Crippen LogP contribution >= 0.6 is 11.3 Å². The molecular weight excluding hydrogens is 388 g/mol. The van der Waals surface area contributed by atoms with E-state index in [4.69, 9.17) is 14.7 Å². The van der Waals surface area contributed by atoms with Crippen molar-refractivity contribution in [2.45, 2.75) is 19.6 Å². The molecule has 0 saturated heterocycles. The van der Waals surface area contributed by atoms with Crippen LogP contribution in [0.5, 0.6) is 5.75 Å². The van der Waals surface area contributed by atoms with E-state index < -0.39 is 18.0 Å². The Bertz CT molecular complexity index is 1040. The Morgan fingerprint density at radius 2 is 1.83 bits per heavy atom. The topological polar surface area (TPSA) is 88.4 Å². The molecule has 146 valence electrons. The molecule has 6 nitrogen and oxygen atoms in total. The van der Waals surface area contributed by atoms with E-state index >= 15 is 0 Å². The van der Waals surface area contributed by atoms with Gasteiger partial charge in [-0.05, 0) is 36.6 Å². The Morgan fingerprint density at radius 3 is 2.59 bits per heavy atom. The van der Waals surface area contributed by atoms with Gasteiger partial charge in [0, 0.05) is 5.56 Å². The summed E-state index contributed by atoms with van der Waals surface area (Å²) in [5.74, 6) is -0.436. The number of ether oxygens (including phenoxy) is 2. The molecule has 0 aliphatic heterocycles. The lowest BCUT2D eigenvalue weighted by Gasteiger charge is -2.15. The second kappa shape index (κ2) is 9.53. The van der Waals surface area contributed by atoms with Gasteiger partial charge in [-0.2, -0.15) is 5.26 Å². The van der Waals surface area contributed by atoms with Crippen molar-refractivity contribution in [2.24, 2.45) is 0 Å². The number of rotatable bonds is 7. The summed E-state index contributed by atoms with van der Waals surface area (Å²) in [7, 11) is 0. The number of thiophene rings is 1. The van der Waals surface area contributed by atoms with Crippen LogP contribution < -0.4 is 10.1 Å². The minimum Gasteiger partial charge on any atom is -0.489 e. The Balaban J connectivity index is 1.64. The molecule has 0 aliphatic rings. The molecule has 1 atom stereocenters. The molecule has 0 spiro atoms. The van der Waals surface area contributed by atoms with E-state index in [2.05, 4.69) is 5.32 Å². The molecule has 1 heterocycles. The summed E-state index contributed by atoms with van der Waals surface area (Å²) in [6, 6.07) is 19.8. The number of anilines is 1. The second-order valence-corrected chi connectivity index (χ2v) is 6.99. The van der Waals surface area contributed by atoms with E-state index in [9.17, 15) is 9.59 Å². The highest BCUT2D eigenvalue weighted by atomic mass is 32.1. The molecule has 29 heavy (non-hydrogen) atoms. The summed E-state index contributed by atoms with van der Waals surface area (Å²) in [6.45, 7) is 1.67. The van der Waals surface area contributed by atoms with Gasteiger partial charge in [-0.3, -0.25) is 4.79 Å². The van der Waals surface area contributed by atoms with Crippen molar-refractivity contribution in [3.8, 4) is 11.8 Å². The van der Waals surface area contributed by atoms with Gasteiger partial charge in [0.2, 0.25) is 0 Å². The molecule has 0 aliphatic carbocycles. The van der Waals surface area contributed by atoms with Gasteiger partial charge in [0.25, 0.3) is 5.91 Å². The maximum atomic E-state index is 12.6. The van der Waals surface area contributed by atoms with E-state index in [-0.39, 0.29) is 6.61 Å². The maximum absolute atomic E-state index is 12.6. The number of amides is 1. The van der Waals surface area contributed by atoms with Crippen molar-refractivity contribution >= 4 is 28.2 Å². The summed E-state index contributed by atoms with van der Waals surface area (Å²) < 4.78 is 11.0. The minimum absolute atomic E-state index is 0.191. The molecule has 0 bridgehead atoms. The van der Waals surface area contributed by atoms with Gasteiger partial charge in [0.15, 0.2) is 6.10 Å². The Hall–Kier alpha value is -3.63. The van der Waals surface area contributed by atoms with E-state index in [1.807, 2.05) is 36.4 Å². The van der Waals surface area contributed by atoms with E-state index in [0.717, 1.165) is 0 Å². The number of nitrogens with one attached hydrogen (secondary N) is 1. The zero-order valence-corrected chi connectivity index (χ0v) is 16.4. The van der Waals surface area contributed by atoms with Crippen molar-refractivity contribution in [1.29, 1.82) is 5.26 Å². The maximum Gasteiger partial charge on any atom is 0.339 e. The first-order chi connectivity index (χ1) is 14.1. The van der Waals surface area contributed by atoms with Gasteiger partial charge in [-0.1, -0.05) is 36.4 Å². The number of nitrogens with zero attached hydrogens (tertiary/aromatic N) is 1. The quantitative estimate of drug-likeness (QED) is 0.588. The molecule has 1 N–H and O–H groups in total. The highest BCUT2D eigenvalue weighted by molar-refractivity contribution is 7.14. The summed E-state index contributed by atoms with van der Waals surface area (Å²) in [4.78, 5) is 24.9. The average Bonchev–Trinajstić information content (AvgIpc) is 3.20. The number of carbonyl (C=O) groups is 2. The first-order valence-corrected chi connectivity index (χ1v) is 9.71. The fourth-order valence-corrected chi connectivity index (χ4v) is 3.25. The van der Waals surface area contributed by atoms with Crippen LogP contribution in [0, 0.1) is 11.3 Å². The average molecular weight is 406 g/mol. The molecule has 0 fully saturated rings. The molecule has 3 aromatic rings. The lowest BCUT2D eigenvalue weighted by molar-refractivity contribution is -0.123. The van der Waals surface area contributed by atoms with Crippen molar-refractivity contribution in [3.05, 3.63) is 82.7 Å². The standard InChI is InChI=1S/C22H18N2O4S/c1-15(20(25)24-21-16(13-23)11-12-29-21)28-22(26)19-10-6-5-7-17(19)14-27-18-8-3-2-4-9-18/h2-12,15H,14H2,1H3,(H,24,25)/t15-/m1/s1. The summed E-state index contributed by atoms with van der Waals surface area (Å²) in [6.07, 6.45) is -1.03. The van der Waals surface area contributed by atoms with Gasteiger partial charge in [0.05, 0.1) is 11.1 Å². The van der Waals surface area contributed by atoms with Crippen LogP contribution in [0.3, 0.4) is 0 Å². The fourth-order valence-electron chi connectivity index (χ4n) is 2.51. The number of carbonyl (C=O) groups excluding carboxylic acids is 2. The molecule has 2 aromatic carbocycles. The highest BCUT2D eigenvalue weighted by Crippen LogP contribution is 2.22. The third-order valence-corrected chi connectivity index (χ3v) is 4.88. The number of nitriles is 1. The Morgan fingerprint density at radius 1 is 1.10 bits per heavy atom. The first kappa shape index (κ1) is 20.1. The molecule has 0 unspecified atom stereocenters. The molecule has 0 radical (unpaired) electrons. The molecule has 0 saturated carbocycles. The second-order valence-electron chi connectivity index (χ2n) is 6.07. The molecule has 1 amide bonds. The van der Waals surface area contributed by atoms with Crippen LogP contribution in [-0.4, -0.2) is 18.0 Å². The number of para-hydroxylation sites is 1. The van der Waals surface area contributed by atoms with Crippen LogP contribution in [-0.2, 0) is 16.1 Å². The van der Waals surface area contributed by atoms with Crippen molar-refractivity contribution < 1.29 is 19.1 Å². The SMILES string of the molecule is C[C@@H](OC(=O)c1ccccc1COc1ccccc1)C(=O)Nc1sccc1C#N. The van der Waals surface area contributed by atoms with Gasteiger partial charge in [-0.15, -0.1) is 11.3 Å². The van der Waals surface area contributed by atoms with Crippen LogP contribution in [0.2, 0.25) is 0 Å². The predicted molar refractivity (Wildman–Crippen MR) is 110 cm³/mol. The van der Waals surface area contributed by atoms with Crippen molar-refractivity contribution in [1.82, 2.24) is 0 Å². The van der Waals surface area contributed by atoms with Crippen LogP contribution in [0.25, 0.3) is 0 Å². The summed E-state index contributed by atoms with van der Waals surface area (Å²) >= 11 is 1.23. The van der Waals surface area contributed by atoms with Gasteiger partial charge in [0.1, 0.15) is 23.4 Å². The lowest BCUT2D eigenvalue weighted by atomic mass is 10.1. The van der Waals surface area contributed by atoms with Gasteiger partial charge < -0.3 is 14.8 Å². The Labute approximate surface area is 172 Å². The number of esters is 1. The third kappa shape index (κ3) is 5.21. The highest BCUT2D eigenvalue weighted by Gasteiger charge is 2.22. The lowest BCUT2D eigenvalue weighted by Crippen LogP contribution is -2.30. The molecular formula is C22H18N2O4S. The normalized spacial score (nSPS) is 11.2. The zero-order chi connectivity index (χ0) is 20.6. The van der Waals surface area contributed by atoms with Crippen LogP contribution in [0.4, 0.5) is 5.00 Å². The predicted octanol–water partition coefficient (Wildman–Crippen LogP) is 4.38. The van der Waals surface area contributed by atoms with Gasteiger partial charge >= 0.3 is 5.97 Å². The van der Waals surface area contributed by atoms with E-state index in [0.29, 0.717) is 27.4 Å². The largest absolute Gasteiger partial charge is 0.489 e. The molecule has 3 rings (SSSR count). The van der Waals surface area contributed by atoms with Gasteiger partial charge in [-0.25, -0.2) is 4.79 Å². The van der Waals surface area contributed by atoms with E-state index in [1.54, 1.807) is 35.7 Å². The molecule has 7 heteroatoms. The van der Waals surface area contributed by atoms with E-state index in [1.165, 1.54) is 18.3 Å². The van der Waals surface area contributed by atoms with Crippen molar-refractivity contribution in [3.63, 3.8) is 0 Å². The van der Waals surface area contributed by atoms with Crippen LogP contribution in [0.1, 0.15) is 28.4 Å². The number of benzene rings is 2.